The Hall–Kier alpha value is -1.65. The van der Waals surface area contributed by atoms with Crippen molar-refractivity contribution in [1.29, 1.82) is 0 Å². The molecule has 0 spiro atoms. The van der Waals surface area contributed by atoms with Crippen molar-refractivity contribution in [1.82, 2.24) is 10.5 Å². The summed E-state index contributed by atoms with van der Waals surface area (Å²) in [5.41, 5.74) is 4.87. The molecule has 3 rings (SSSR count). The number of benzene rings is 1. The van der Waals surface area contributed by atoms with E-state index in [4.69, 9.17) is 9.26 Å². The molecule has 1 aromatic heterocycles. The van der Waals surface area contributed by atoms with Gasteiger partial charge in [0.25, 0.3) is 0 Å². The zero-order valence-corrected chi connectivity index (χ0v) is 10.3. The summed E-state index contributed by atoms with van der Waals surface area (Å²) in [6.07, 6.45) is 4.53. The Kier molecular flexibility index (Phi) is 3.13. The highest BCUT2D eigenvalue weighted by molar-refractivity contribution is 5.67. The van der Waals surface area contributed by atoms with Gasteiger partial charge in [-0.15, -0.1) is 0 Å². The zero-order valence-electron chi connectivity index (χ0n) is 10.3. The van der Waals surface area contributed by atoms with Crippen LogP contribution in [0.15, 0.2) is 35.2 Å². The van der Waals surface area contributed by atoms with Gasteiger partial charge in [-0.05, 0) is 30.2 Å². The van der Waals surface area contributed by atoms with Crippen LogP contribution >= 0.6 is 0 Å². The van der Waals surface area contributed by atoms with E-state index in [2.05, 4.69) is 28.7 Å². The van der Waals surface area contributed by atoms with Crippen LogP contribution in [-0.2, 0) is 11.2 Å². The van der Waals surface area contributed by atoms with Crippen molar-refractivity contribution in [2.45, 2.75) is 12.5 Å². The summed E-state index contributed by atoms with van der Waals surface area (Å²) in [7, 11) is 1.95. The van der Waals surface area contributed by atoms with Crippen LogP contribution in [0.3, 0.4) is 0 Å². The minimum Gasteiger partial charge on any atom is -0.372 e. The van der Waals surface area contributed by atoms with Crippen LogP contribution in [0, 0.1) is 0 Å². The van der Waals surface area contributed by atoms with E-state index in [-0.39, 0.29) is 6.10 Å². The van der Waals surface area contributed by atoms with Crippen molar-refractivity contribution in [3.63, 3.8) is 0 Å². The van der Waals surface area contributed by atoms with Gasteiger partial charge in [0.15, 0.2) is 0 Å². The average Bonchev–Trinajstić information content (AvgIpc) is 2.93. The summed E-state index contributed by atoms with van der Waals surface area (Å²) >= 11 is 0. The SMILES string of the molecule is CNC[C@@H]1OCCc2c(-c3cnoc3)cccc21. The van der Waals surface area contributed by atoms with Gasteiger partial charge in [0.2, 0.25) is 0 Å². The lowest BCUT2D eigenvalue weighted by molar-refractivity contribution is 0.0440. The van der Waals surface area contributed by atoms with Gasteiger partial charge in [-0.2, -0.15) is 0 Å². The fraction of sp³-hybridized carbons (Fsp3) is 0.357. The first kappa shape index (κ1) is 11.4. The van der Waals surface area contributed by atoms with Crippen molar-refractivity contribution >= 4 is 0 Å². The topological polar surface area (TPSA) is 47.3 Å². The number of rotatable bonds is 3. The quantitative estimate of drug-likeness (QED) is 0.899. The molecular formula is C14H16N2O2. The number of likely N-dealkylation sites (N-methyl/N-ethyl adjacent to an activating group) is 1. The van der Waals surface area contributed by atoms with Crippen molar-refractivity contribution in [2.75, 3.05) is 20.2 Å². The van der Waals surface area contributed by atoms with Crippen LogP contribution in [0.1, 0.15) is 17.2 Å². The number of nitrogens with one attached hydrogen (secondary N) is 1. The molecule has 0 fully saturated rings. The summed E-state index contributed by atoms with van der Waals surface area (Å²) in [4.78, 5) is 0. The Morgan fingerprint density at radius 2 is 2.39 bits per heavy atom. The maximum absolute atomic E-state index is 5.82. The maximum Gasteiger partial charge on any atom is 0.131 e. The van der Waals surface area contributed by atoms with E-state index in [1.54, 1.807) is 12.5 Å². The van der Waals surface area contributed by atoms with Gasteiger partial charge in [0.05, 0.1) is 18.9 Å². The summed E-state index contributed by atoms with van der Waals surface area (Å²) < 4.78 is 10.8. The van der Waals surface area contributed by atoms with Crippen LogP contribution in [0.5, 0.6) is 0 Å². The van der Waals surface area contributed by atoms with Crippen molar-refractivity contribution < 1.29 is 9.26 Å². The van der Waals surface area contributed by atoms with Gasteiger partial charge in [-0.1, -0.05) is 23.4 Å². The molecule has 0 radical (unpaired) electrons. The van der Waals surface area contributed by atoms with E-state index in [1.165, 1.54) is 16.7 Å². The first-order valence-electron chi connectivity index (χ1n) is 6.18. The van der Waals surface area contributed by atoms with Gasteiger partial charge in [-0.3, -0.25) is 0 Å². The second-order valence-corrected chi connectivity index (χ2v) is 4.45. The molecule has 1 N–H and O–H groups in total. The molecule has 1 aromatic carbocycles. The Bertz CT molecular complexity index is 523. The molecule has 2 heterocycles. The Labute approximate surface area is 106 Å². The van der Waals surface area contributed by atoms with Gasteiger partial charge in [-0.25, -0.2) is 0 Å². The Morgan fingerprint density at radius 3 is 3.17 bits per heavy atom. The molecule has 1 aliphatic rings. The van der Waals surface area contributed by atoms with Crippen LogP contribution < -0.4 is 5.32 Å². The number of hydrogen-bond acceptors (Lipinski definition) is 4. The van der Waals surface area contributed by atoms with Crippen molar-refractivity contribution in [2.24, 2.45) is 0 Å². The number of fused-ring (bicyclic) bond motifs is 1. The third-order valence-electron chi connectivity index (χ3n) is 3.36. The van der Waals surface area contributed by atoms with Gasteiger partial charge >= 0.3 is 0 Å². The smallest absolute Gasteiger partial charge is 0.131 e. The molecule has 0 amide bonds. The Balaban J connectivity index is 2.06. The third kappa shape index (κ3) is 1.94. The van der Waals surface area contributed by atoms with Crippen molar-refractivity contribution in [3.8, 4) is 11.1 Å². The molecule has 0 unspecified atom stereocenters. The molecule has 18 heavy (non-hydrogen) atoms. The van der Waals surface area contributed by atoms with E-state index in [1.807, 2.05) is 7.05 Å². The van der Waals surface area contributed by atoms with E-state index >= 15 is 0 Å². The number of ether oxygens (including phenoxy) is 1. The van der Waals surface area contributed by atoms with E-state index in [9.17, 15) is 0 Å². The molecule has 0 saturated carbocycles. The van der Waals surface area contributed by atoms with Crippen LogP contribution in [-0.4, -0.2) is 25.4 Å². The standard InChI is InChI=1S/C14H16N2O2/c1-15-8-14-13-4-2-3-11(10-7-16-18-9-10)12(13)5-6-17-14/h2-4,7,9,14-15H,5-6,8H2,1H3/t14-/m0/s1. The van der Waals surface area contributed by atoms with Crippen molar-refractivity contribution in [3.05, 3.63) is 41.8 Å². The average molecular weight is 244 g/mol. The van der Waals surface area contributed by atoms with E-state index in [0.717, 1.165) is 25.1 Å². The van der Waals surface area contributed by atoms with E-state index in [0.29, 0.717) is 0 Å². The fourth-order valence-electron chi connectivity index (χ4n) is 2.54. The second kappa shape index (κ2) is 4.92. The summed E-state index contributed by atoms with van der Waals surface area (Å²) in [6, 6.07) is 6.33. The minimum atomic E-state index is 0.138. The minimum absolute atomic E-state index is 0.138. The first-order chi connectivity index (χ1) is 8.90. The summed E-state index contributed by atoms with van der Waals surface area (Å²) in [5.74, 6) is 0. The highest BCUT2D eigenvalue weighted by atomic mass is 16.5. The molecular weight excluding hydrogens is 228 g/mol. The highest BCUT2D eigenvalue weighted by Crippen LogP contribution is 2.33. The van der Waals surface area contributed by atoms with Crippen LogP contribution in [0.2, 0.25) is 0 Å². The maximum atomic E-state index is 5.82. The fourth-order valence-corrected chi connectivity index (χ4v) is 2.54. The number of aromatic nitrogens is 1. The summed E-state index contributed by atoms with van der Waals surface area (Å²) in [6.45, 7) is 1.60. The molecule has 94 valence electrons. The lowest BCUT2D eigenvalue weighted by Gasteiger charge is -2.27. The molecule has 4 heteroatoms. The number of hydrogen-bond donors (Lipinski definition) is 1. The highest BCUT2D eigenvalue weighted by Gasteiger charge is 2.22. The van der Waals surface area contributed by atoms with E-state index < -0.39 is 0 Å². The van der Waals surface area contributed by atoms with Gasteiger partial charge in [0.1, 0.15) is 6.26 Å². The largest absolute Gasteiger partial charge is 0.372 e. The zero-order chi connectivity index (χ0) is 12.4. The molecule has 1 aliphatic heterocycles. The normalized spacial score (nSPS) is 18.6. The summed E-state index contributed by atoms with van der Waals surface area (Å²) in [5, 5.41) is 6.96. The molecule has 0 bridgehead atoms. The molecule has 2 aromatic rings. The van der Waals surface area contributed by atoms with Crippen LogP contribution in [0.25, 0.3) is 11.1 Å². The molecule has 4 nitrogen and oxygen atoms in total. The predicted octanol–water partition coefficient (Wildman–Crippen LogP) is 2.17. The molecule has 0 aliphatic carbocycles. The Morgan fingerprint density at radius 1 is 1.44 bits per heavy atom. The lowest BCUT2D eigenvalue weighted by atomic mass is 9.90. The second-order valence-electron chi connectivity index (χ2n) is 4.45. The van der Waals surface area contributed by atoms with Gasteiger partial charge < -0.3 is 14.6 Å². The third-order valence-corrected chi connectivity index (χ3v) is 3.36. The monoisotopic (exact) mass is 244 g/mol. The first-order valence-corrected chi connectivity index (χ1v) is 6.18. The predicted molar refractivity (Wildman–Crippen MR) is 68.3 cm³/mol. The number of nitrogens with zero attached hydrogens (tertiary/aromatic N) is 1. The lowest BCUT2D eigenvalue weighted by Crippen LogP contribution is -2.25. The molecule has 0 saturated heterocycles. The van der Waals surface area contributed by atoms with Crippen LogP contribution in [0.4, 0.5) is 0 Å². The molecule has 1 atom stereocenters. The van der Waals surface area contributed by atoms with Gasteiger partial charge in [0, 0.05) is 12.1 Å².